The topological polar surface area (TPSA) is 94.6 Å². The Kier molecular flexibility index (Phi) is 4.77. The molecule has 0 saturated carbocycles. The van der Waals surface area contributed by atoms with E-state index in [9.17, 15) is 19.2 Å². The van der Waals surface area contributed by atoms with E-state index < -0.39 is 22.5 Å². The summed E-state index contributed by atoms with van der Waals surface area (Å²) in [7, 11) is 0. The van der Waals surface area contributed by atoms with Gasteiger partial charge in [-0.05, 0) is 56.3 Å². The molecule has 8 heteroatoms. The molecule has 0 fully saturated rings. The molecule has 4 aliphatic rings. The van der Waals surface area contributed by atoms with Crippen molar-refractivity contribution in [1.29, 1.82) is 0 Å². The summed E-state index contributed by atoms with van der Waals surface area (Å²) >= 11 is 3.11. The standard InChI is InChI=1S/C32H14O6S2/c33-29-23-17-9-5-15(21-3-1-13-39-21)6-10-18(17)24-27(23)28-25(31(35)37-29)19-11-7-16(22-4-2-14-40-22)8-12-20(19)26(28)32(36)38-30(24)34/h1-14H. The molecular formula is C32H14O6S2. The summed E-state index contributed by atoms with van der Waals surface area (Å²) in [5.74, 6) is 0. The lowest BCUT2D eigenvalue weighted by Gasteiger charge is -1.92. The van der Waals surface area contributed by atoms with Gasteiger partial charge in [-0.3, -0.25) is 0 Å². The maximum atomic E-state index is 13.5. The van der Waals surface area contributed by atoms with Gasteiger partial charge in [-0.25, -0.2) is 19.2 Å². The Morgan fingerprint density at radius 1 is 0.400 bits per heavy atom. The summed E-state index contributed by atoms with van der Waals surface area (Å²) in [5.41, 5.74) is 0.00937. The van der Waals surface area contributed by atoms with E-state index >= 15 is 0 Å². The van der Waals surface area contributed by atoms with E-state index in [2.05, 4.69) is 0 Å². The third kappa shape index (κ3) is 3.08. The van der Waals surface area contributed by atoms with Crippen molar-refractivity contribution >= 4 is 55.0 Å². The van der Waals surface area contributed by atoms with Gasteiger partial charge < -0.3 is 8.83 Å². The highest BCUT2D eigenvalue weighted by Gasteiger charge is 2.29. The summed E-state index contributed by atoms with van der Waals surface area (Å²) in [4.78, 5) is 56.0. The highest BCUT2D eigenvalue weighted by atomic mass is 32.1. The predicted molar refractivity (Wildman–Crippen MR) is 160 cm³/mol. The van der Waals surface area contributed by atoms with Crippen LogP contribution in [0.25, 0.3) is 75.5 Å². The van der Waals surface area contributed by atoms with Crippen LogP contribution in [0.4, 0.5) is 0 Å². The van der Waals surface area contributed by atoms with Crippen LogP contribution in [0.1, 0.15) is 0 Å². The highest BCUT2D eigenvalue weighted by Crippen LogP contribution is 2.45. The first-order valence-corrected chi connectivity index (χ1v) is 14.1. The lowest BCUT2D eigenvalue weighted by Crippen LogP contribution is -2.05. The number of hydrogen-bond acceptors (Lipinski definition) is 8. The fourth-order valence-electron chi connectivity index (χ4n) is 5.76. The van der Waals surface area contributed by atoms with Gasteiger partial charge in [0.05, 0.1) is 21.5 Å². The molecule has 4 aromatic heterocycles. The van der Waals surface area contributed by atoms with Gasteiger partial charge in [0.2, 0.25) is 0 Å². The Morgan fingerprint density at radius 2 is 0.725 bits per heavy atom. The van der Waals surface area contributed by atoms with Gasteiger partial charge in [0, 0.05) is 20.5 Å². The average molecular weight is 559 g/mol. The number of fused-ring (bicyclic) bond motifs is 6. The Bertz CT molecular complexity index is 2150. The highest BCUT2D eigenvalue weighted by molar-refractivity contribution is 7.13. The van der Waals surface area contributed by atoms with Crippen LogP contribution in [0, 0.1) is 0 Å². The quantitative estimate of drug-likeness (QED) is 0.230. The molecule has 0 N–H and O–H groups in total. The molecule has 8 rings (SSSR count). The first-order valence-electron chi connectivity index (χ1n) is 12.3. The second-order valence-electron chi connectivity index (χ2n) is 9.46. The zero-order valence-corrected chi connectivity index (χ0v) is 22.0. The van der Waals surface area contributed by atoms with Crippen molar-refractivity contribution in [2.75, 3.05) is 0 Å². The van der Waals surface area contributed by atoms with Crippen LogP contribution in [0.5, 0.6) is 0 Å². The summed E-state index contributed by atoms with van der Waals surface area (Å²) in [6.45, 7) is 0. The molecule has 0 aromatic carbocycles. The van der Waals surface area contributed by atoms with E-state index in [1.54, 1.807) is 46.9 Å². The summed E-state index contributed by atoms with van der Waals surface area (Å²) in [6, 6.07) is 22.2. The molecule has 0 spiro atoms. The maximum Gasteiger partial charge on any atom is 0.347 e. The molecule has 40 heavy (non-hydrogen) atoms. The fourth-order valence-corrected chi connectivity index (χ4v) is 7.22. The zero-order valence-electron chi connectivity index (χ0n) is 20.3. The largest absolute Gasteiger partial charge is 0.386 e. The zero-order chi connectivity index (χ0) is 27.1. The molecular weight excluding hydrogens is 544 g/mol. The van der Waals surface area contributed by atoms with Gasteiger partial charge in [-0.15, -0.1) is 22.7 Å². The van der Waals surface area contributed by atoms with Gasteiger partial charge in [-0.2, -0.15) is 0 Å². The molecule has 6 nitrogen and oxygen atoms in total. The SMILES string of the molecule is O=c1oc(=O)c2c3ccc(-c4cccs4)ccc-3c3c(=O)oc(=O)c4c5ccc(-c6cccs6)ccc-5c1c4c23. The van der Waals surface area contributed by atoms with E-state index in [0.717, 1.165) is 20.9 Å². The average Bonchev–Trinajstić information content (AvgIpc) is 3.69. The maximum absolute atomic E-state index is 13.5. The van der Waals surface area contributed by atoms with Crippen LogP contribution in [-0.2, 0) is 0 Å². The first-order chi connectivity index (χ1) is 19.5. The van der Waals surface area contributed by atoms with E-state index in [-0.39, 0.29) is 32.3 Å². The van der Waals surface area contributed by atoms with Gasteiger partial charge in [0.1, 0.15) is 0 Å². The molecule has 4 heterocycles. The second kappa shape index (κ2) is 8.29. The minimum Gasteiger partial charge on any atom is -0.386 e. The van der Waals surface area contributed by atoms with Crippen LogP contribution >= 0.6 is 22.7 Å². The second-order valence-corrected chi connectivity index (χ2v) is 11.4. The molecule has 0 amide bonds. The molecule has 4 aromatic rings. The Balaban J connectivity index is 1.63. The monoisotopic (exact) mass is 558 g/mol. The van der Waals surface area contributed by atoms with Crippen LogP contribution in [0.2, 0.25) is 0 Å². The summed E-state index contributed by atoms with van der Waals surface area (Å²) < 4.78 is 10.8. The van der Waals surface area contributed by atoms with Crippen molar-refractivity contribution in [2.45, 2.75) is 0 Å². The predicted octanol–water partition coefficient (Wildman–Crippen LogP) is 6.88. The van der Waals surface area contributed by atoms with Crippen LogP contribution in [0.15, 0.2) is 112 Å². The third-order valence-electron chi connectivity index (χ3n) is 7.42. The van der Waals surface area contributed by atoms with Crippen molar-refractivity contribution in [2.24, 2.45) is 0 Å². The van der Waals surface area contributed by atoms with E-state index in [1.807, 2.05) is 59.3 Å². The molecule has 0 radical (unpaired) electrons. The van der Waals surface area contributed by atoms with Crippen molar-refractivity contribution < 1.29 is 8.83 Å². The molecule has 0 unspecified atom stereocenters. The summed E-state index contributed by atoms with van der Waals surface area (Å²) in [6.07, 6.45) is 0. The number of rotatable bonds is 2. The van der Waals surface area contributed by atoms with E-state index in [4.69, 9.17) is 8.83 Å². The normalized spacial score (nSPS) is 11.9. The molecule has 0 saturated heterocycles. The number of hydrogen-bond donors (Lipinski definition) is 0. The van der Waals surface area contributed by atoms with Crippen molar-refractivity contribution in [3.05, 3.63) is 125 Å². The summed E-state index contributed by atoms with van der Waals surface area (Å²) in [5, 5.41) is 4.59. The molecule has 0 bridgehead atoms. The molecule has 4 aliphatic carbocycles. The Labute approximate surface area is 231 Å². The lowest BCUT2D eigenvalue weighted by atomic mass is 10.1. The molecule has 190 valence electrons. The van der Waals surface area contributed by atoms with E-state index in [1.165, 1.54) is 0 Å². The minimum absolute atomic E-state index is 0.0669. The third-order valence-corrected chi connectivity index (χ3v) is 9.26. The lowest BCUT2D eigenvalue weighted by molar-refractivity contribution is 0.491. The fraction of sp³-hybridized carbons (Fsp3) is 0. The van der Waals surface area contributed by atoms with Crippen molar-refractivity contribution in [3.63, 3.8) is 0 Å². The number of thiophene rings is 2. The molecule has 0 aliphatic heterocycles. The van der Waals surface area contributed by atoms with E-state index in [0.29, 0.717) is 22.3 Å². The van der Waals surface area contributed by atoms with Gasteiger partial charge in [-0.1, -0.05) is 60.7 Å². The smallest absolute Gasteiger partial charge is 0.347 e. The Morgan fingerprint density at radius 3 is 1.00 bits per heavy atom. The van der Waals surface area contributed by atoms with Gasteiger partial charge in [0.15, 0.2) is 0 Å². The van der Waals surface area contributed by atoms with Crippen LogP contribution in [0.3, 0.4) is 0 Å². The first kappa shape index (κ1) is 23.0. The van der Waals surface area contributed by atoms with Crippen molar-refractivity contribution in [3.8, 4) is 43.1 Å². The van der Waals surface area contributed by atoms with Gasteiger partial charge in [0.25, 0.3) is 0 Å². The molecule has 0 atom stereocenters. The van der Waals surface area contributed by atoms with Crippen molar-refractivity contribution in [1.82, 2.24) is 0 Å². The van der Waals surface area contributed by atoms with Gasteiger partial charge >= 0.3 is 22.5 Å². The minimum atomic E-state index is -0.878. The Hall–Kier alpha value is -4.92. The van der Waals surface area contributed by atoms with Crippen LogP contribution in [-0.4, -0.2) is 0 Å². The van der Waals surface area contributed by atoms with Crippen LogP contribution < -0.4 is 22.5 Å².